The summed E-state index contributed by atoms with van der Waals surface area (Å²) in [5.74, 6) is 1.15. The molecule has 5 nitrogen and oxygen atoms in total. The fraction of sp³-hybridized carbons (Fsp3) is 0.667. The molecule has 2 aliphatic rings. The minimum Gasteiger partial charge on any atom is -0.358 e. The lowest BCUT2D eigenvalue weighted by Gasteiger charge is -2.38. The predicted octanol–water partition coefficient (Wildman–Crippen LogP) is 3.68. The molecule has 0 aliphatic carbocycles. The topological polar surface area (TPSA) is 43.2 Å². The van der Waals surface area contributed by atoms with Crippen molar-refractivity contribution >= 4 is 11.2 Å². The van der Waals surface area contributed by atoms with Crippen LogP contribution in [-0.4, -0.2) is 38.6 Å². The van der Waals surface area contributed by atoms with Crippen molar-refractivity contribution in [3.8, 4) is 0 Å². The van der Waals surface area contributed by atoms with Crippen LogP contribution in [0.1, 0.15) is 64.0 Å². The van der Waals surface area contributed by atoms with Gasteiger partial charge in [0.15, 0.2) is 5.65 Å². The Morgan fingerprint density at radius 2 is 2.13 bits per heavy atom. The second kappa shape index (κ2) is 6.21. The third-order valence-corrected chi connectivity index (χ3v) is 5.18. The molecule has 0 radical (unpaired) electrons. The number of fused-ring (bicyclic) bond motifs is 1. The number of piperidine rings is 1. The minimum atomic E-state index is 0.0980. The maximum atomic E-state index is 6.00. The summed E-state index contributed by atoms with van der Waals surface area (Å²) in [6.45, 7) is 6.57. The number of nitrogens with zero attached hydrogens (tertiary/aromatic N) is 4. The largest absolute Gasteiger partial charge is 0.358 e. The zero-order chi connectivity index (χ0) is 15.8. The zero-order valence-electron chi connectivity index (χ0n) is 14.1. The highest BCUT2D eigenvalue weighted by Crippen LogP contribution is 2.37. The highest BCUT2D eigenvalue weighted by atomic mass is 16.5. The first-order valence-electron chi connectivity index (χ1n) is 8.96. The van der Waals surface area contributed by atoms with Crippen LogP contribution in [0.25, 0.3) is 11.2 Å². The van der Waals surface area contributed by atoms with E-state index in [0.717, 1.165) is 43.0 Å². The number of hydrogen-bond acceptors (Lipinski definition) is 4. The van der Waals surface area contributed by atoms with Crippen molar-refractivity contribution in [1.82, 2.24) is 19.4 Å². The van der Waals surface area contributed by atoms with Gasteiger partial charge < -0.3 is 4.74 Å². The van der Waals surface area contributed by atoms with E-state index in [1.54, 1.807) is 0 Å². The number of ether oxygens (including phenoxy) is 1. The highest BCUT2D eigenvalue weighted by Gasteiger charge is 2.33. The molecule has 0 saturated carbocycles. The third-order valence-electron chi connectivity index (χ3n) is 5.18. The molecule has 0 aromatic carbocycles. The van der Waals surface area contributed by atoms with Gasteiger partial charge in [0.25, 0.3) is 0 Å². The molecule has 4 heterocycles. The number of pyridine rings is 1. The van der Waals surface area contributed by atoms with E-state index < -0.39 is 0 Å². The van der Waals surface area contributed by atoms with E-state index >= 15 is 0 Å². The number of aromatic nitrogens is 3. The molecule has 0 amide bonds. The molecule has 2 atom stereocenters. The summed E-state index contributed by atoms with van der Waals surface area (Å²) < 4.78 is 8.28. The lowest BCUT2D eigenvalue weighted by molar-refractivity contribution is 0.0450. The minimum absolute atomic E-state index is 0.0980. The van der Waals surface area contributed by atoms with Gasteiger partial charge in [-0.2, -0.15) is 0 Å². The Morgan fingerprint density at radius 3 is 2.91 bits per heavy atom. The second-order valence-electron chi connectivity index (χ2n) is 7.00. The van der Waals surface area contributed by atoms with Gasteiger partial charge in [-0.15, -0.1) is 0 Å². The average Bonchev–Trinajstić information content (AvgIpc) is 3.21. The maximum Gasteiger partial charge on any atom is 0.162 e. The van der Waals surface area contributed by atoms with E-state index in [1.807, 2.05) is 12.3 Å². The van der Waals surface area contributed by atoms with Gasteiger partial charge in [-0.1, -0.05) is 6.42 Å². The zero-order valence-corrected chi connectivity index (χ0v) is 14.1. The van der Waals surface area contributed by atoms with Gasteiger partial charge in [0, 0.05) is 18.8 Å². The summed E-state index contributed by atoms with van der Waals surface area (Å²) in [4.78, 5) is 12.2. The summed E-state index contributed by atoms with van der Waals surface area (Å²) in [7, 11) is 0. The van der Waals surface area contributed by atoms with Crippen LogP contribution in [0.2, 0.25) is 0 Å². The van der Waals surface area contributed by atoms with Gasteiger partial charge in [0.2, 0.25) is 0 Å². The molecule has 124 valence electrons. The van der Waals surface area contributed by atoms with Gasteiger partial charge in [-0.3, -0.25) is 9.47 Å². The molecule has 23 heavy (non-hydrogen) atoms. The van der Waals surface area contributed by atoms with E-state index in [9.17, 15) is 0 Å². The van der Waals surface area contributed by atoms with E-state index in [0.29, 0.717) is 12.1 Å². The van der Waals surface area contributed by atoms with Crippen LogP contribution >= 0.6 is 0 Å². The summed E-state index contributed by atoms with van der Waals surface area (Å²) in [5, 5.41) is 0. The lowest BCUT2D eigenvalue weighted by Crippen LogP contribution is -2.40. The number of hydrogen-bond donors (Lipinski definition) is 0. The molecule has 2 unspecified atom stereocenters. The molecule has 0 bridgehead atoms. The quantitative estimate of drug-likeness (QED) is 0.867. The van der Waals surface area contributed by atoms with Gasteiger partial charge in [0.05, 0.1) is 6.04 Å². The van der Waals surface area contributed by atoms with Gasteiger partial charge in [0.1, 0.15) is 17.6 Å². The third kappa shape index (κ3) is 2.66. The molecular weight excluding hydrogens is 288 g/mol. The maximum absolute atomic E-state index is 6.00. The van der Waals surface area contributed by atoms with Crippen molar-refractivity contribution in [2.75, 3.05) is 13.2 Å². The van der Waals surface area contributed by atoms with Crippen molar-refractivity contribution in [2.45, 2.75) is 64.3 Å². The molecule has 2 saturated heterocycles. The molecule has 2 aliphatic heterocycles. The molecule has 0 N–H and O–H groups in total. The van der Waals surface area contributed by atoms with Crippen LogP contribution in [0.15, 0.2) is 18.3 Å². The van der Waals surface area contributed by atoms with Crippen molar-refractivity contribution < 1.29 is 4.74 Å². The molecular formula is C18H26N4O. The Hall–Kier alpha value is -1.46. The highest BCUT2D eigenvalue weighted by molar-refractivity contribution is 5.71. The Balaban J connectivity index is 1.83. The van der Waals surface area contributed by atoms with Crippen LogP contribution in [-0.2, 0) is 4.74 Å². The Labute approximate surface area is 137 Å². The van der Waals surface area contributed by atoms with Crippen molar-refractivity contribution in [3.05, 3.63) is 24.2 Å². The molecule has 2 fully saturated rings. The van der Waals surface area contributed by atoms with E-state index in [-0.39, 0.29) is 6.23 Å². The molecule has 5 heteroatoms. The average molecular weight is 314 g/mol. The Morgan fingerprint density at radius 1 is 1.22 bits per heavy atom. The first kappa shape index (κ1) is 15.1. The van der Waals surface area contributed by atoms with Crippen molar-refractivity contribution in [1.29, 1.82) is 0 Å². The van der Waals surface area contributed by atoms with Crippen molar-refractivity contribution in [2.24, 2.45) is 0 Å². The summed E-state index contributed by atoms with van der Waals surface area (Å²) in [6.07, 6.45) is 7.87. The fourth-order valence-corrected chi connectivity index (χ4v) is 4.08. The van der Waals surface area contributed by atoms with Gasteiger partial charge in [-0.25, -0.2) is 9.97 Å². The van der Waals surface area contributed by atoms with Gasteiger partial charge in [-0.05, 0) is 58.2 Å². The summed E-state index contributed by atoms with van der Waals surface area (Å²) in [5.41, 5.74) is 1.97. The molecule has 2 aromatic rings. The number of imidazole rings is 1. The Kier molecular flexibility index (Phi) is 4.07. The van der Waals surface area contributed by atoms with Crippen LogP contribution in [0.3, 0.4) is 0 Å². The summed E-state index contributed by atoms with van der Waals surface area (Å²) in [6, 6.07) is 4.95. The van der Waals surface area contributed by atoms with Crippen LogP contribution in [0.4, 0.5) is 0 Å². The van der Waals surface area contributed by atoms with Crippen LogP contribution in [0, 0.1) is 0 Å². The van der Waals surface area contributed by atoms with E-state index in [4.69, 9.17) is 9.72 Å². The number of likely N-dealkylation sites (tertiary alicyclic amines) is 1. The van der Waals surface area contributed by atoms with E-state index in [2.05, 4.69) is 34.4 Å². The lowest BCUT2D eigenvalue weighted by atomic mass is 9.99. The van der Waals surface area contributed by atoms with Gasteiger partial charge >= 0.3 is 0 Å². The first-order valence-corrected chi connectivity index (χ1v) is 8.96. The Bertz CT molecular complexity index is 675. The first-order chi connectivity index (χ1) is 11.3. The summed E-state index contributed by atoms with van der Waals surface area (Å²) >= 11 is 0. The normalized spacial score (nSPS) is 26.4. The smallest absolute Gasteiger partial charge is 0.162 e. The molecule has 2 aromatic heterocycles. The van der Waals surface area contributed by atoms with Crippen LogP contribution in [0.5, 0.6) is 0 Å². The molecule has 4 rings (SSSR count). The standard InChI is InChI=1S/C18H26N4O/c1-13(2)21-11-4-3-8-15(21)18-20-14-7-5-10-19-17(14)22(18)16-9-6-12-23-16/h5,7,10,13,15-16H,3-4,6,8-9,11-12H2,1-2H3. The fourth-order valence-electron chi connectivity index (χ4n) is 4.08. The second-order valence-corrected chi connectivity index (χ2v) is 7.00. The molecule has 0 spiro atoms. The van der Waals surface area contributed by atoms with Crippen LogP contribution < -0.4 is 0 Å². The monoisotopic (exact) mass is 314 g/mol. The SMILES string of the molecule is CC(C)N1CCCCC1c1nc2cccnc2n1C1CCCO1. The number of rotatable bonds is 3. The van der Waals surface area contributed by atoms with Crippen molar-refractivity contribution in [3.63, 3.8) is 0 Å². The van der Waals surface area contributed by atoms with E-state index in [1.165, 1.54) is 19.3 Å². The predicted molar refractivity (Wildman–Crippen MR) is 90.2 cm³/mol.